The van der Waals surface area contributed by atoms with Crippen molar-refractivity contribution in [3.8, 4) is 0 Å². The van der Waals surface area contributed by atoms with Gasteiger partial charge in [-0.2, -0.15) is 0 Å². The number of thiophene rings is 3. The monoisotopic (exact) mass is 342 g/mol. The first-order valence-electron chi connectivity index (χ1n) is 5.33. The molecule has 0 aromatic carbocycles. The molecule has 88 valence electrons. The van der Waals surface area contributed by atoms with E-state index in [-0.39, 0.29) is 0 Å². The zero-order valence-electron chi connectivity index (χ0n) is 9.49. The van der Waals surface area contributed by atoms with Crippen LogP contribution in [0, 0.1) is 13.8 Å². The van der Waals surface area contributed by atoms with E-state index in [4.69, 9.17) is 0 Å². The average molecular weight is 343 g/mol. The summed E-state index contributed by atoms with van der Waals surface area (Å²) in [5, 5.41) is 2.16. The van der Waals surface area contributed by atoms with Crippen molar-refractivity contribution in [2.75, 3.05) is 0 Å². The Morgan fingerprint density at radius 2 is 1.94 bits per heavy atom. The van der Waals surface area contributed by atoms with Gasteiger partial charge in [0.15, 0.2) is 0 Å². The summed E-state index contributed by atoms with van der Waals surface area (Å²) >= 11 is 9.46. The van der Waals surface area contributed by atoms with E-state index in [1.54, 1.807) is 0 Å². The molecule has 3 rings (SSSR count). The van der Waals surface area contributed by atoms with E-state index in [9.17, 15) is 0 Å². The van der Waals surface area contributed by atoms with Crippen LogP contribution in [0.25, 0.3) is 9.40 Å². The topological polar surface area (TPSA) is 0 Å². The molecular formula is C13H11BrS3. The highest BCUT2D eigenvalue weighted by molar-refractivity contribution is 9.09. The van der Waals surface area contributed by atoms with Crippen molar-refractivity contribution in [1.82, 2.24) is 0 Å². The molecule has 3 heterocycles. The highest BCUT2D eigenvalue weighted by Crippen LogP contribution is 2.43. The Morgan fingerprint density at radius 3 is 2.59 bits per heavy atom. The zero-order valence-corrected chi connectivity index (χ0v) is 13.5. The minimum Gasteiger partial charge on any atom is -0.144 e. The largest absolute Gasteiger partial charge is 0.144 e. The Kier molecular flexibility index (Phi) is 3.15. The molecule has 0 saturated heterocycles. The van der Waals surface area contributed by atoms with Gasteiger partial charge in [0.2, 0.25) is 0 Å². The first-order chi connectivity index (χ1) is 8.15. The van der Waals surface area contributed by atoms with Crippen LogP contribution in [0.5, 0.6) is 0 Å². The third-order valence-electron chi connectivity index (χ3n) is 2.72. The van der Waals surface area contributed by atoms with Gasteiger partial charge in [-0.05, 0) is 43.0 Å². The van der Waals surface area contributed by atoms with Crippen molar-refractivity contribution >= 4 is 59.3 Å². The highest BCUT2D eigenvalue weighted by Gasteiger charge is 2.18. The molecule has 1 atom stereocenters. The van der Waals surface area contributed by atoms with Crippen LogP contribution in [-0.4, -0.2) is 0 Å². The number of hydrogen-bond acceptors (Lipinski definition) is 3. The van der Waals surface area contributed by atoms with Gasteiger partial charge in [0.05, 0.1) is 4.83 Å². The molecule has 3 aromatic rings. The van der Waals surface area contributed by atoms with Crippen molar-refractivity contribution in [1.29, 1.82) is 0 Å². The summed E-state index contributed by atoms with van der Waals surface area (Å²) in [4.78, 5) is 4.60. The molecule has 0 aliphatic rings. The molecule has 0 aliphatic heterocycles. The third-order valence-corrected chi connectivity index (χ3v) is 7.65. The standard InChI is InChI=1S/C13H11BrS3/c1-7-5-8(2)16-13(7)12(14)11-6-10-9(17-11)3-4-15-10/h3-6,12H,1-2H3. The molecule has 0 saturated carbocycles. The van der Waals surface area contributed by atoms with Gasteiger partial charge in [-0.1, -0.05) is 15.9 Å². The van der Waals surface area contributed by atoms with Crippen molar-refractivity contribution < 1.29 is 0 Å². The molecule has 0 N–H and O–H groups in total. The molecule has 0 fully saturated rings. The SMILES string of the molecule is Cc1cc(C)c(C(Br)c2cc3sccc3s2)s1. The predicted octanol–water partition coefficient (Wildman–Crippen LogP) is 6.13. The first kappa shape index (κ1) is 11.9. The molecule has 1 unspecified atom stereocenters. The van der Waals surface area contributed by atoms with E-state index in [0.29, 0.717) is 4.83 Å². The molecule has 0 amide bonds. The summed E-state index contributed by atoms with van der Waals surface area (Å²) in [6, 6.07) is 6.79. The third kappa shape index (κ3) is 2.12. The van der Waals surface area contributed by atoms with Crippen LogP contribution < -0.4 is 0 Å². The Morgan fingerprint density at radius 1 is 1.12 bits per heavy atom. The van der Waals surface area contributed by atoms with Crippen LogP contribution in [-0.2, 0) is 0 Å². The fourth-order valence-corrected chi connectivity index (χ4v) is 6.22. The maximum atomic E-state index is 3.85. The molecule has 4 heteroatoms. The fourth-order valence-electron chi connectivity index (χ4n) is 1.95. The second-order valence-electron chi connectivity index (χ2n) is 4.06. The van der Waals surface area contributed by atoms with Gasteiger partial charge >= 0.3 is 0 Å². The number of halogens is 1. The Balaban J connectivity index is 2.04. The van der Waals surface area contributed by atoms with Crippen molar-refractivity contribution in [3.63, 3.8) is 0 Å². The number of hydrogen-bond donors (Lipinski definition) is 0. The second-order valence-corrected chi connectivity index (χ2v) is 8.33. The summed E-state index contributed by atoms with van der Waals surface area (Å²) in [6.45, 7) is 4.37. The minimum atomic E-state index is 0.353. The van der Waals surface area contributed by atoms with Crippen LogP contribution in [0.1, 0.15) is 25.0 Å². The number of alkyl halides is 1. The summed E-state index contributed by atoms with van der Waals surface area (Å²) in [7, 11) is 0. The van der Waals surface area contributed by atoms with E-state index in [0.717, 1.165) is 0 Å². The quantitative estimate of drug-likeness (QED) is 0.491. The second kappa shape index (κ2) is 4.50. The van der Waals surface area contributed by atoms with Crippen molar-refractivity contribution in [3.05, 3.63) is 43.8 Å². The van der Waals surface area contributed by atoms with Gasteiger partial charge in [0, 0.05) is 24.0 Å². The normalized spacial score (nSPS) is 13.4. The van der Waals surface area contributed by atoms with Crippen LogP contribution >= 0.6 is 49.9 Å². The van der Waals surface area contributed by atoms with E-state index < -0.39 is 0 Å². The molecular weight excluding hydrogens is 332 g/mol. The van der Waals surface area contributed by atoms with Crippen LogP contribution in [0.4, 0.5) is 0 Å². The van der Waals surface area contributed by atoms with Gasteiger partial charge in [-0.25, -0.2) is 0 Å². The van der Waals surface area contributed by atoms with Crippen LogP contribution in [0.3, 0.4) is 0 Å². The molecule has 0 bridgehead atoms. The maximum Gasteiger partial charge on any atom is 0.0834 e. The van der Waals surface area contributed by atoms with Gasteiger partial charge in [-0.3, -0.25) is 0 Å². The highest BCUT2D eigenvalue weighted by atomic mass is 79.9. The summed E-state index contributed by atoms with van der Waals surface area (Å²) in [6.07, 6.45) is 0. The van der Waals surface area contributed by atoms with E-state index in [1.807, 2.05) is 34.0 Å². The van der Waals surface area contributed by atoms with Gasteiger partial charge < -0.3 is 0 Å². The molecule has 17 heavy (non-hydrogen) atoms. The smallest absolute Gasteiger partial charge is 0.0834 e. The maximum absolute atomic E-state index is 3.85. The number of aryl methyl sites for hydroxylation is 2. The lowest BCUT2D eigenvalue weighted by atomic mass is 10.2. The zero-order chi connectivity index (χ0) is 12.0. The Labute approximate surface area is 121 Å². The lowest BCUT2D eigenvalue weighted by Crippen LogP contribution is -1.87. The van der Waals surface area contributed by atoms with Gasteiger partial charge in [-0.15, -0.1) is 34.0 Å². The van der Waals surface area contributed by atoms with Crippen molar-refractivity contribution in [2.45, 2.75) is 18.7 Å². The molecule has 0 aliphatic carbocycles. The molecule has 3 aromatic heterocycles. The first-order valence-corrected chi connectivity index (χ1v) is 8.76. The van der Waals surface area contributed by atoms with Crippen LogP contribution in [0.2, 0.25) is 0 Å². The molecule has 0 radical (unpaired) electrons. The van der Waals surface area contributed by atoms with E-state index in [2.05, 4.69) is 53.4 Å². The van der Waals surface area contributed by atoms with Crippen LogP contribution in [0.15, 0.2) is 23.6 Å². The summed E-state index contributed by atoms with van der Waals surface area (Å²) in [5.74, 6) is 0. The Hall–Kier alpha value is -0.160. The fraction of sp³-hybridized carbons (Fsp3) is 0.231. The molecule has 0 spiro atoms. The van der Waals surface area contributed by atoms with Gasteiger partial charge in [0.1, 0.15) is 0 Å². The number of fused-ring (bicyclic) bond motifs is 1. The lowest BCUT2D eigenvalue weighted by molar-refractivity contribution is 1.24. The average Bonchev–Trinajstić information content (AvgIpc) is 2.90. The predicted molar refractivity (Wildman–Crippen MR) is 84.3 cm³/mol. The van der Waals surface area contributed by atoms with E-state index in [1.165, 1.54) is 29.6 Å². The summed E-state index contributed by atoms with van der Waals surface area (Å²) < 4.78 is 2.81. The van der Waals surface area contributed by atoms with Crippen molar-refractivity contribution in [2.24, 2.45) is 0 Å². The van der Waals surface area contributed by atoms with Gasteiger partial charge in [0.25, 0.3) is 0 Å². The van der Waals surface area contributed by atoms with E-state index >= 15 is 0 Å². The minimum absolute atomic E-state index is 0.353. The Bertz CT molecular complexity index is 631. The summed E-state index contributed by atoms with van der Waals surface area (Å²) in [5.41, 5.74) is 1.39. The lowest BCUT2D eigenvalue weighted by Gasteiger charge is -2.06. The molecule has 0 nitrogen and oxygen atoms in total. The number of rotatable bonds is 2.